The normalized spacial score (nSPS) is 16.4. The number of furan rings is 1. The Morgan fingerprint density at radius 2 is 1.67 bits per heavy atom. The predicted octanol–water partition coefficient (Wildman–Crippen LogP) is 7.97. The zero-order chi connectivity index (χ0) is 29.5. The van der Waals surface area contributed by atoms with Gasteiger partial charge in [-0.25, -0.2) is 9.55 Å². The number of nitrogens with zero attached hydrogens (tertiary/aromatic N) is 3. The van der Waals surface area contributed by atoms with Gasteiger partial charge in [-0.1, -0.05) is 70.1 Å². The topological polar surface area (TPSA) is 34.8 Å². The summed E-state index contributed by atoms with van der Waals surface area (Å²) in [5.74, 6) is -1.93. The van der Waals surface area contributed by atoms with Crippen LogP contribution in [-0.2, 0) is 7.05 Å². The van der Waals surface area contributed by atoms with Gasteiger partial charge in [-0.05, 0) is 54.6 Å². The summed E-state index contributed by atoms with van der Waals surface area (Å²) in [6.07, 6.45) is 0. The van der Waals surface area contributed by atoms with E-state index in [1.54, 1.807) is 26.0 Å². The zero-order valence-electron chi connectivity index (χ0n) is 26.2. The maximum Gasteiger partial charge on any atom is 0.298 e. The molecule has 1 unspecified atom stereocenters. The summed E-state index contributed by atoms with van der Waals surface area (Å²) in [6, 6.07) is 23.2. The van der Waals surface area contributed by atoms with Crippen molar-refractivity contribution in [2.75, 3.05) is 0 Å². The van der Waals surface area contributed by atoms with E-state index < -0.39 is 18.6 Å². The highest BCUT2D eigenvalue weighted by molar-refractivity contribution is 6.09. The fourth-order valence-corrected chi connectivity index (χ4v) is 5.20. The van der Waals surface area contributed by atoms with Crippen molar-refractivity contribution in [3.05, 3.63) is 89.6 Å². The number of para-hydroxylation sites is 3. The molecule has 0 aliphatic heterocycles. The summed E-state index contributed by atoms with van der Waals surface area (Å²) in [7, 11) is 1.99. The number of hydrogen-bond acceptors (Lipinski definition) is 2. The molecule has 0 saturated heterocycles. The van der Waals surface area contributed by atoms with E-state index in [1.165, 1.54) is 6.92 Å². The van der Waals surface area contributed by atoms with Crippen LogP contribution in [-0.4, -0.2) is 9.55 Å². The van der Waals surface area contributed by atoms with E-state index in [4.69, 9.17) is 16.3 Å². The molecule has 0 aliphatic carbocycles. The summed E-state index contributed by atoms with van der Waals surface area (Å²) in [5, 5.41) is 1.77. The van der Waals surface area contributed by atoms with Crippen molar-refractivity contribution in [3.8, 4) is 17.1 Å². The van der Waals surface area contributed by atoms with Gasteiger partial charge >= 0.3 is 0 Å². The van der Waals surface area contributed by atoms with E-state index >= 15 is 0 Å². The lowest BCUT2D eigenvalue weighted by molar-refractivity contribution is -0.633. The van der Waals surface area contributed by atoms with Gasteiger partial charge in [0.15, 0.2) is 16.6 Å². The summed E-state index contributed by atoms with van der Waals surface area (Å²) in [4.78, 5) is 4.71. The second-order valence-corrected chi connectivity index (χ2v) is 9.63. The molecule has 1 atom stereocenters. The molecule has 3 aromatic heterocycles. The maximum absolute atomic E-state index is 8.99. The van der Waals surface area contributed by atoms with Crippen molar-refractivity contribution in [1.29, 1.82) is 0 Å². The highest BCUT2D eigenvalue weighted by atomic mass is 16.3. The molecule has 0 saturated carbocycles. The number of aryl methyl sites for hydroxylation is 2. The number of benzene rings is 3. The number of fused-ring (bicyclic) bond motifs is 4. The minimum absolute atomic E-state index is 0.404. The lowest BCUT2D eigenvalue weighted by Gasteiger charge is -2.12. The number of hydrogen-bond donors (Lipinski definition) is 0. The first-order chi connectivity index (χ1) is 19.2. The van der Waals surface area contributed by atoms with Gasteiger partial charge in [-0.2, -0.15) is 4.57 Å². The summed E-state index contributed by atoms with van der Waals surface area (Å²) >= 11 is 0. The van der Waals surface area contributed by atoms with Crippen LogP contribution in [0.25, 0.3) is 50.2 Å². The Bertz CT molecular complexity index is 1980. The Morgan fingerprint density at radius 1 is 0.917 bits per heavy atom. The van der Waals surface area contributed by atoms with Crippen LogP contribution in [0.1, 0.15) is 63.1 Å². The van der Waals surface area contributed by atoms with E-state index in [-0.39, 0.29) is 0 Å². The SMILES string of the molecule is [2H]C(C)(C)c1ccc2c(n1)oc1c(-c3n(-c4ccccc4C([2H])(C)C([2H])([2H])[2H])c4ccccc4[n+]3C)c(C)ccc12. The van der Waals surface area contributed by atoms with Gasteiger partial charge in [-0.15, -0.1) is 0 Å². The fraction of sp³-hybridized carbons (Fsp3) is 0.250. The number of imidazole rings is 1. The van der Waals surface area contributed by atoms with E-state index in [0.717, 1.165) is 38.8 Å². The van der Waals surface area contributed by atoms with Gasteiger partial charge in [0, 0.05) is 28.9 Å². The van der Waals surface area contributed by atoms with Gasteiger partial charge < -0.3 is 4.42 Å². The van der Waals surface area contributed by atoms with Crippen molar-refractivity contribution in [1.82, 2.24) is 9.55 Å². The van der Waals surface area contributed by atoms with Crippen LogP contribution in [0.2, 0.25) is 0 Å². The molecule has 0 fully saturated rings. The third-order valence-electron chi connectivity index (χ3n) is 7.01. The van der Waals surface area contributed by atoms with E-state index in [1.807, 2.05) is 73.1 Å². The highest BCUT2D eigenvalue weighted by Crippen LogP contribution is 2.39. The molecule has 3 heterocycles. The fourth-order valence-electron chi connectivity index (χ4n) is 5.20. The smallest absolute Gasteiger partial charge is 0.298 e. The van der Waals surface area contributed by atoms with E-state index in [2.05, 4.69) is 10.6 Å². The minimum atomic E-state index is -2.54. The molecule has 0 aliphatic rings. The second kappa shape index (κ2) is 8.34. The number of aromatic nitrogens is 3. The third kappa shape index (κ3) is 3.28. The quantitative estimate of drug-likeness (QED) is 0.240. The molecule has 4 heteroatoms. The van der Waals surface area contributed by atoms with Crippen LogP contribution < -0.4 is 4.57 Å². The van der Waals surface area contributed by atoms with Crippen LogP contribution in [0.3, 0.4) is 0 Å². The number of rotatable bonds is 4. The van der Waals surface area contributed by atoms with Crippen molar-refractivity contribution in [3.63, 3.8) is 0 Å². The van der Waals surface area contributed by atoms with E-state index in [0.29, 0.717) is 28.2 Å². The zero-order valence-corrected chi connectivity index (χ0v) is 21.2. The minimum Gasteiger partial charge on any atom is -0.437 e. The van der Waals surface area contributed by atoms with Gasteiger partial charge in [0.25, 0.3) is 5.82 Å². The molecule has 0 bridgehead atoms. The van der Waals surface area contributed by atoms with Crippen LogP contribution in [0.15, 0.2) is 77.2 Å². The first-order valence-corrected chi connectivity index (χ1v) is 12.1. The van der Waals surface area contributed by atoms with Crippen LogP contribution in [0.4, 0.5) is 0 Å². The average molecular weight is 480 g/mol. The Balaban J connectivity index is 1.75. The predicted molar refractivity (Wildman–Crippen MR) is 148 cm³/mol. The lowest BCUT2D eigenvalue weighted by atomic mass is 10.00. The molecular formula is C32H32N3O+. The van der Waals surface area contributed by atoms with Crippen molar-refractivity contribution in [2.24, 2.45) is 7.05 Å². The van der Waals surface area contributed by atoms with Crippen molar-refractivity contribution in [2.45, 2.75) is 46.3 Å². The first kappa shape index (κ1) is 17.5. The molecule has 4 nitrogen and oxygen atoms in total. The van der Waals surface area contributed by atoms with Crippen LogP contribution in [0.5, 0.6) is 0 Å². The maximum atomic E-state index is 8.99. The molecule has 0 amide bonds. The largest absolute Gasteiger partial charge is 0.437 e. The lowest BCUT2D eigenvalue weighted by Crippen LogP contribution is -2.30. The molecular weight excluding hydrogens is 442 g/mol. The van der Waals surface area contributed by atoms with Gasteiger partial charge in [0.1, 0.15) is 11.3 Å². The first-order valence-electron chi connectivity index (χ1n) is 14.6. The summed E-state index contributed by atoms with van der Waals surface area (Å²) in [5.41, 5.74) is 6.42. The van der Waals surface area contributed by atoms with Gasteiger partial charge in [-0.3, -0.25) is 0 Å². The molecule has 0 spiro atoms. The van der Waals surface area contributed by atoms with Crippen LogP contribution >= 0.6 is 0 Å². The molecule has 0 radical (unpaired) electrons. The number of pyridine rings is 1. The Labute approximate surface area is 218 Å². The molecule has 6 rings (SSSR count). The van der Waals surface area contributed by atoms with E-state index in [9.17, 15) is 0 Å². The van der Waals surface area contributed by atoms with Gasteiger partial charge in [0.2, 0.25) is 5.71 Å². The molecule has 3 aromatic carbocycles. The van der Waals surface area contributed by atoms with Crippen molar-refractivity contribution < 1.29 is 15.8 Å². The molecule has 6 aromatic rings. The van der Waals surface area contributed by atoms with Crippen LogP contribution in [0, 0.1) is 6.92 Å². The standard InChI is InChI=1S/C32H32N3O/c1-19(2)22-11-7-8-12-26(22)35-28-14-10-9-13-27(28)34(6)32(35)29-21(5)15-16-23-24-17-18-25(20(3)4)33-31(24)36-30(23)29/h7-20H,1-6H3/q+1/i1D3,19D,20D. The second-order valence-electron chi connectivity index (χ2n) is 9.63. The Hall–Kier alpha value is -3.92. The molecule has 36 heavy (non-hydrogen) atoms. The van der Waals surface area contributed by atoms with Crippen molar-refractivity contribution >= 4 is 33.1 Å². The summed E-state index contributed by atoms with van der Waals surface area (Å²) in [6.45, 7) is 4.53. The summed E-state index contributed by atoms with van der Waals surface area (Å²) < 4.78 is 52.6. The average Bonchev–Trinajstić information content (AvgIpc) is 3.42. The monoisotopic (exact) mass is 479 g/mol. The third-order valence-corrected chi connectivity index (χ3v) is 7.01. The molecule has 180 valence electrons. The van der Waals surface area contributed by atoms with Gasteiger partial charge in [0.05, 0.1) is 7.05 Å². The Kier molecular flexibility index (Phi) is 4.05. The Morgan fingerprint density at radius 3 is 2.47 bits per heavy atom. The molecule has 0 N–H and O–H groups in total. The highest BCUT2D eigenvalue weighted by Gasteiger charge is 2.31.